The number of methoxy groups -OCH3 is 1. The van der Waals surface area contributed by atoms with E-state index < -0.39 is 0 Å². The molecule has 0 saturated heterocycles. The van der Waals surface area contributed by atoms with Crippen LogP contribution in [-0.4, -0.2) is 23.4 Å². The molecule has 0 spiro atoms. The normalized spacial score (nSPS) is 10.3. The van der Waals surface area contributed by atoms with Crippen LogP contribution < -0.4 is 4.74 Å². The van der Waals surface area contributed by atoms with Crippen molar-refractivity contribution >= 4 is 17.9 Å². The summed E-state index contributed by atoms with van der Waals surface area (Å²) in [6.45, 7) is 3.87. The molecular weight excluding hydrogens is 264 g/mol. The summed E-state index contributed by atoms with van der Waals surface area (Å²) in [4.78, 5) is 19.1. The van der Waals surface area contributed by atoms with Crippen molar-refractivity contribution in [2.45, 2.75) is 13.8 Å². The van der Waals surface area contributed by atoms with Gasteiger partial charge in [0.25, 0.3) is 0 Å². The number of hydrogen-bond acceptors (Lipinski definition) is 4. The van der Waals surface area contributed by atoms with Crippen molar-refractivity contribution < 1.29 is 9.53 Å². The highest BCUT2D eigenvalue weighted by Crippen LogP contribution is 2.31. The summed E-state index contributed by atoms with van der Waals surface area (Å²) in [7, 11) is 1.62. The lowest BCUT2D eigenvalue weighted by Gasteiger charge is -2.12. The van der Waals surface area contributed by atoms with Gasteiger partial charge in [-0.3, -0.25) is 4.79 Å². The fourth-order valence-corrected chi connectivity index (χ4v) is 2.14. The maximum Gasteiger partial charge on any atom is 0.155 e. The lowest BCUT2D eigenvalue weighted by molar-refractivity contribution is 0.112. The molecule has 19 heavy (non-hydrogen) atoms. The Labute approximate surface area is 116 Å². The molecule has 98 valence electrons. The number of benzene rings is 1. The number of aromatic nitrogens is 2. The second-order valence-corrected chi connectivity index (χ2v) is 4.54. The SMILES string of the molecule is COc1cc(C)c(-c2ncnc(Cl)c2C=O)cc1C. The topological polar surface area (TPSA) is 52.1 Å². The molecule has 1 aromatic carbocycles. The van der Waals surface area contributed by atoms with Gasteiger partial charge >= 0.3 is 0 Å². The second kappa shape index (κ2) is 5.36. The van der Waals surface area contributed by atoms with Crippen molar-refractivity contribution in [3.8, 4) is 17.0 Å². The number of aldehydes is 1. The summed E-state index contributed by atoms with van der Waals surface area (Å²) in [5.74, 6) is 0.800. The van der Waals surface area contributed by atoms with E-state index in [1.807, 2.05) is 26.0 Å². The highest BCUT2D eigenvalue weighted by Gasteiger charge is 2.14. The number of carbonyl (C=O) groups excluding carboxylic acids is 1. The average molecular weight is 277 g/mol. The first kappa shape index (κ1) is 13.5. The zero-order chi connectivity index (χ0) is 14.0. The molecule has 0 aliphatic carbocycles. The van der Waals surface area contributed by atoms with Crippen LogP contribution in [0.5, 0.6) is 5.75 Å². The van der Waals surface area contributed by atoms with Gasteiger partial charge in [-0.15, -0.1) is 0 Å². The van der Waals surface area contributed by atoms with Gasteiger partial charge in [-0.1, -0.05) is 11.6 Å². The molecule has 0 radical (unpaired) electrons. The molecule has 0 aliphatic rings. The molecule has 0 aliphatic heterocycles. The van der Waals surface area contributed by atoms with Crippen LogP contribution in [0.1, 0.15) is 21.5 Å². The molecule has 0 saturated carbocycles. The van der Waals surface area contributed by atoms with Crippen molar-refractivity contribution in [3.63, 3.8) is 0 Å². The standard InChI is InChI=1S/C14H13ClN2O2/c1-8-5-12(19-3)9(2)4-10(8)13-11(6-18)14(15)17-7-16-13/h4-7H,1-3H3. The Morgan fingerprint density at radius 3 is 2.58 bits per heavy atom. The van der Waals surface area contributed by atoms with Crippen molar-refractivity contribution in [1.82, 2.24) is 9.97 Å². The van der Waals surface area contributed by atoms with Crippen LogP contribution in [0, 0.1) is 13.8 Å². The summed E-state index contributed by atoms with van der Waals surface area (Å²) in [5, 5.41) is 0.160. The largest absolute Gasteiger partial charge is 0.496 e. The first-order chi connectivity index (χ1) is 9.08. The summed E-state index contributed by atoms with van der Waals surface area (Å²) < 4.78 is 5.27. The number of rotatable bonds is 3. The number of hydrogen-bond donors (Lipinski definition) is 0. The Balaban J connectivity index is 2.69. The monoisotopic (exact) mass is 276 g/mol. The zero-order valence-electron chi connectivity index (χ0n) is 10.9. The predicted molar refractivity (Wildman–Crippen MR) is 73.9 cm³/mol. The third kappa shape index (κ3) is 2.44. The van der Waals surface area contributed by atoms with E-state index in [1.54, 1.807) is 7.11 Å². The smallest absolute Gasteiger partial charge is 0.155 e. The quantitative estimate of drug-likeness (QED) is 0.638. The fourth-order valence-electron chi connectivity index (χ4n) is 1.96. The van der Waals surface area contributed by atoms with Gasteiger partial charge in [-0.25, -0.2) is 9.97 Å². The van der Waals surface area contributed by atoms with Crippen LogP contribution in [0.4, 0.5) is 0 Å². The Morgan fingerprint density at radius 1 is 1.21 bits per heavy atom. The van der Waals surface area contributed by atoms with Crippen LogP contribution in [0.25, 0.3) is 11.3 Å². The van der Waals surface area contributed by atoms with Crippen LogP contribution in [-0.2, 0) is 0 Å². The van der Waals surface area contributed by atoms with E-state index in [0.717, 1.165) is 22.4 Å². The summed E-state index contributed by atoms with van der Waals surface area (Å²) in [6.07, 6.45) is 2.03. The Morgan fingerprint density at radius 2 is 1.95 bits per heavy atom. The zero-order valence-corrected chi connectivity index (χ0v) is 11.7. The van der Waals surface area contributed by atoms with Gasteiger partial charge in [0.05, 0.1) is 18.4 Å². The minimum atomic E-state index is 0.160. The second-order valence-electron chi connectivity index (χ2n) is 4.18. The summed E-state index contributed by atoms with van der Waals surface area (Å²) >= 11 is 5.92. The molecule has 0 N–H and O–H groups in total. The van der Waals surface area contributed by atoms with Crippen molar-refractivity contribution in [3.05, 3.63) is 40.3 Å². The minimum Gasteiger partial charge on any atom is -0.496 e. The first-order valence-electron chi connectivity index (χ1n) is 5.69. The molecule has 1 heterocycles. The third-order valence-electron chi connectivity index (χ3n) is 2.95. The first-order valence-corrected chi connectivity index (χ1v) is 6.07. The molecule has 0 unspecified atom stereocenters. The Kier molecular flexibility index (Phi) is 3.81. The van der Waals surface area contributed by atoms with Gasteiger partial charge in [0.2, 0.25) is 0 Å². The lowest BCUT2D eigenvalue weighted by Crippen LogP contribution is -1.98. The van der Waals surface area contributed by atoms with Crippen molar-refractivity contribution in [1.29, 1.82) is 0 Å². The maximum atomic E-state index is 11.2. The molecule has 0 atom stereocenters. The summed E-state index contributed by atoms with van der Waals surface area (Å²) in [6, 6.07) is 3.84. The number of aryl methyl sites for hydroxylation is 2. The molecule has 2 aromatic rings. The van der Waals surface area contributed by atoms with Gasteiger partial charge in [0.1, 0.15) is 17.2 Å². The average Bonchev–Trinajstić information content (AvgIpc) is 2.40. The van der Waals surface area contributed by atoms with Gasteiger partial charge in [0.15, 0.2) is 6.29 Å². The molecule has 0 amide bonds. The molecule has 0 bridgehead atoms. The van der Waals surface area contributed by atoms with E-state index >= 15 is 0 Å². The molecule has 1 aromatic heterocycles. The van der Waals surface area contributed by atoms with E-state index in [2.05, 4.69) is 9.97 Å². The van der Waals surface area contributed by atoms with Crippen molar-refractivity contribution in [2.24, 2.45) is 0 Å². The fraction of sp³-hybridized carbons (Fsp3) is 0.214. The number of nitrogens with zero attached hydrogens (tertiary/aromatic N) is 2. The maximum absolute atomic E-state index is 11.2. The number of ether oxygens (including phenoxy) is 1. The van der Waals surface area contributed by atoms with Crippen LogP contribution in [0.2, 0.25) is 5.15 Å². The van der Waals surface area contributed by atoms with Crippen LogP contribution in [0.15, 0.2) is 18.5 Å². The predicted octanol–water partition coefficient (Wildman–Crippen LogP) is 3.23. The lowest BCUT2D eigenvalue weighted by atomic mass is 9.99. The van der Waals surface area contributed by atoms with Crippen LogP contribution in [0.3, 0.4) is 0 Å². The Hall–Kier alpha value is -1.94. The molecular formula is C14H13ClN2O2. The summed E-state index contributed by atoms with van der Waals surface area (Å²) in [5.41, 5.74) is 3.62. The van der Waals surface area contributed by atoms with Gasteiger partial charge < -0.3 is 4.74 Å². The minimum absolute atomic E-state index is 0.160. The van der Waals surface area contributed by atoms with Crippen LogP contribution >= 0.6 is 11.6 Å². The number of carbonyl (C=O) groups is 1. The van der Waals surface area contributed by atoms with Gasteiger partial charge in [-0.2, -0.15) is 0 Å². The molecule has 4 nitrogen and oxygen atoms in total. The Bertz CT molecular complexity index is 642. The van der Waals surface area contributed by atoms with Gasteiger partial charge in [-0.05, 0) is 37.1 Å². The molecule has 2 rings (SSSR count). The van der Waals surface area contributed by atoms with E-state index in [-0.39, 0.29) is 5.15 Å². The number of halogens is 1. The third-order valence-corrected chi connectivity index (χ3v) is 3.25. The van der Waals surface area contributed by atoms with Gasteiger partial charge in [0, 0.05) is 5.56 Å². The van der Waals surface area contributed by atoms with E-state index in [1.165, 1.54) is 6.33 Å². The van der Waals surface area contributed by atoms with E-state index in [0.29, 0.717) is 17.5 Å². The van der Waals surface area contributed by atoms with E-state index in [4.69, 9.17) is 16.3 Å². The highest BCUT2D eigenvalue weighted by molar-refractivity contribution is 6.32. The molecule has 5 heteroatoms. The highest BCUT2D eigenvalue weighted by atomic mass is 35.5. The van der Waals surface area contributed by atoms with E-state index in [9.17, 15) is 4.79 Å². The molecule has 0 fully saturated rings. The van der Waals surface area contributed by atoms with Crippen molar-refractivity contribution in [2.75, 3.05) is 7.11 Å².